The molecule has 0 saturated heterocycles. The summed E-state index contributed by atoms with van der Waals surface area (Å²) >= 11 is 3.13. The van der Waals surface area contributed by atoms with Crippen LogP contribution in [0.1, 0.15) is 12.8 Å². The van der Waals surface area contributed by atoms with Crippen LogP contribution in [0.4, 0.5) is 4.39 Å². The Kier molecular flexibility index (Phi) is 2.00. The van der Waals surface area contributed by atoms with Crippen molar-refractivity contribution in [1.29, 1.82) is 0 Å². The van der Waals surface area contributed by atoms with Crippen molar-refractivity contribution in [2.45, 2.75) is 18.9 Å². The highest BCUT2D eigenvalue weighted by Gasteiger charge is 2.26. The molecule has 1 heterocycles. The lowest BCUT2D eigenvalue weighted by Crippen LogP contribution is -1.99. The van der Waals surface area contributed by atoms with Gasteiger partial charge in [-0.3, -0.25) is 0 Å². The molecule has 0 N–H and O–H groups in total. The van der Waals surface area contributed by atoms with Gasteiger partial charge in [0.2, 0.25) is 0 Å². The Bertz CT molecular complexity index is 281. The minimum atomic E-state index is -0.358. The third-order valence-electron chi connectivity index (χ3n) is 1.62. The van der Waals surface area contributed by atoms with Crippen LogP contribution in [-0.4, -0.2) is 11.1 Å². The smallest absolute Gasteiger partial charge is 0.188 e. The number of hydrogen-bond acceptors (Lipinski definition) is 2. The lowest BCUT2D eigenvalue weighted by atomic mass is 10.4. The summed E-state index contributed by atoms with van der Waals surface area (Å²) in [6, 6.07) is 1.29. The van der Waals surface area contributed by atoms with Gasteiger partial charge in [-0.2, -0.15) is 0 Å². The van der Waals surface area contributed by atoms with Gasteiger partial charge in [-0.1, -0.05) is 0 Å². The molecule has 2 rings (SSSR count). The van der Waals surface area contributed by atoms with Gasteiger partial charge in [0.25, 0.3) is 0 Å². The minimum Gasteiger partial charge on any atom is -0.485 e. The van der Waals surface area contributed by atoms with Crippen LogP contribution in [0.15, 0.2) is 16.9 Å². The number of nitrogens with zero attached hydrogens (tertiary/aromatic N) is 1. The Morgan fingerprint density at radius 2 is 2.33 bits per heavy atom. The van der Waals surface area contributed by atoms with Crippen LogP contribution in [-0.2, 0) is 0 Å². The lowest BCUT2D eigenvalue weighted by molar-refractivity contribution is 0.284. The number of aromatic nitrogens is 1. The standard InChI is InChI=1S/C8H7BrFNO/c9-8-7(12-5-1-2-5)6(10)3-4-11-8/h3-5H,1-2H2. The molecule has 1 aromatic heterocycles. The fourth-order valence-corrected chi connectivity index (χ4v) is 1.26. The van der Waals surface area contributed by atoms with Crippen molar-refractivity contribution in [3.63, 3.8) is 0 Å². The third-order valence-corrected chi connectivity index (χ3v) is 2.19. The SMILES string of the molecule is Fc1ccnc(Br)c1OC1CC1. The maximum atomic E-state index is 13.0. The molecule has 0 amide bonds. The fourth-order valence-electron chi connectivity index (χ4n) is 0.858. The van der Waals surface area contributed by atoms with Crippen molar-refractivity contribution in [2.24, 2.45) is 0 Å². The van der Waals surface area contributed by atoms with E-state index in [0.717, 1.165) is 12.8 Å². The fraction of sp³-hybridized carbons (Fsp3) is 0.375. The van der Waals surface area contributed by atoms with Gasteiger partial charge < -0.3 is 4.74 Å². The van der Waals surface area contributed by atoms with E-state index >= 15 is 0 Å². The van der Waals surface area contributed by atoms with Gasteiger partial charge in [0.1, 0.15) is 0 Å². The molecule has 1 saturated carbocycles. The predicted octanol–water partition coefficient (Wildman–Crippen LogP) is 2.52. The van der Waals surface area contributed by atoms with Crippen LogP contribution in [0.5, 0.6) is 5.75 Å². The van der Waals surface area contributed by atoms with Crippen molar-refractivity contribution in [1.82, 2.24) is 4.98 Å². The molecular formula is C8H7BrFNO. The van der Waals surface area contributed by atoms with E-state index in [4.69, 9.17) is 4.74 Å². The Balaban J connectivity index is 2.26. The molecule has 12 heavy (non-hydrogen) atoms. The molecule has 64 valence electrons. The van der Waals surface area contributed by atoms with Gasteiger partial charge >= 0.3 is 0 Å². The maximum Gasteiger partial charge on any atom is 0.188 e. The monoisotopic (exact) mass is 231 g/mol. The van der Waals surface area contributed by atoms with Crippen LogP contribution in [0, 0.1) is 5.82 Å². The van der Waals surface area contributed by atoms with E-state index in [9.17, 15) is 4.39 Å². The molecule has 2 nitrogen and oxygen atoms in total. The third kappa shape index (κ3) is 1.58. The first-order valence-corrected chi connectivity index (χ1v) is 4.53. The van der Waals surface area contributed by atoms with Crippen molar-refractivity contribution in [3.8, 4) is 5.75 Å². The van der Waals surface area contributed by atoms with E-state index in [1.165, 1.54) is 12.3 Å². The van der Waals surface area contributed by atoms with Gasteiger partial charge in [-0.15, -0.1) is 0 Å². The average molecular weight is 232 g/mol. The molecule has 0 radical (unpaired) electrons. The van der Waals surface area contributed by atoms with Crippen LogP contribution in [0.25, 0.3) is 0 Å². The van der Waals surface area contributed by atoms with Crippen molar-refractivity contribution in [3.05, 3.63) is 22.7 Å². The molecular weight excluding hydrogens is 225 g/mol. The molecule has 1 aliphatic carbocycles. The predicted molar refractivity (Wildman–Crippen MR) is 45.5 cm³/mol. The van der Waals surface area contributed by atoms with Gasteiger partial charge in [0.15, 0.2) is 16.2 Å². The van der Waals surface area contributed by atoms with Gasteiger partial charge in [0, 0.05) is 6.20 Å². The summed E-state index contributed by atoms with van der Waals surface area (Å²) in [5, 5.41) is 0. The lowest BCUT2D eigenvalue weighted by Gasteiger charge is -2.05. The van der Waals surface area contributed by atoms with E-state index in [1.54, 1.807) is 0 Å². The van der Waals surface area contributed by atoms with Crippen molar-refractivity contribution < 1.29 is 9.13 Å². The largest absolute Gasteiger partial charge is 0.485 e. The first-order chi connectivity index (χ1) is 5.77. The zero-order valence-corrected chi connectivity index (χ0v) is 7.84. The summed E-state index contributed by atoms with van der Waals surface area (Å²) in [5.74, 6) is -0.122. The Morgan fingerprint density at radius 1 is 1.58 bits per heavy atom. The summed E-state index contributed by atoms with van der Waals surface area (Å²) in [6.45, 7) is 0. The number of hydrogen-bond donors (Lipinski definition) is 0. The number of pyridine rings is 1. The van der Waals surface area contributed by atoms with Crippen LogP contribution < -0.4 is 4.74 Å². The average Bonchev–Trinajstić information content (AvgIpc) is 2.80. The van der Waals surface area contributed by atoms with E-state index in [2.05, 4.69) is 20.9 Å². The van der Waals surface area contributed by atoms with Gasteiger partial charge in [-0.25, -0.2) is 9.37 Å². The highest BCUT2D eigenvalue weighted by atomic mass is 79.9. The molecule has 0 unspecified atom stereocenters. The van der Waals surface area contributed by atoms with Gasteiger partial charge in [-0.05, 0) is 34.8 Å². The molecule has 1 fully saturated rings. The summed E-state index contributed by atoms with van der Waals surface area (Å²) < 4.78 is 18.8. The Hall–Kier alpha value is -0.640. The first-order valence-electron chi connectivity index (χ1n) is 3.74. The summed E-state index contributed by atoms with van der Waals surface area (Å²) in [6.07, 6.45) is 3.63. The number of rotatable bonds is 2. The molecule has 0 bridgehead atoms. The van der Waals surface area contributed by atoms with E-state index in [1.807, 2.05) is 0 Å². The first kappa shape index (κ1) is 7.98. The minimum absolute atomic E-state index is 0.194. The molecule has 1 aliphatic rings. The molecule has 4 heteroatoms. The van der Waals surface area contributed by atoms with E-state index < -0.39 is 0 Å². The molecule has 0 spiro atoms. The van der Waals surface area contributed by atoms with Gasteiger partial charge in [0.05, 0.1) is 6.10 Å². The van der Waals surface area contributed by atoms with Crippen molar-refractivity contribution >= 4 is 15.9 Å². The summed E-state index contributed by atoms with van der Waals surface area (Å²) in [7, 11) is 0. The topological polar surface area (TPSA) is 22.1 Å². The molecule has 0 aliphatic heterocycles. The van der Waals surface area contributed by atoms with E-state index in [0.29, 0.717) is 4.60 Å². The van der Waals surface area contributed by atoms with Crippen LogP contribution in [0.2, 0.25) is 0 Å². The highest BCUT2D eigenvalue weighted by molar-refractivity contribution is 9.10. The summed E-state index contributed by atoms with van der Waals surface area (Å²) in [4.78, 5) is 3.87. The summed E-state index contributed by atoms with van der Waals surface area (Å²) in [5.41, 5.74) is 0. The quantitative estimate of drug-likeness (QED) is 0.731. The van der Waals surface area contributed by atoms with Crippen LogP contribution >= 0.6 is 15.9 Å². The Morgan fingerprint density at radius 3 is 2.92 bits per heavy atom. The maximum absolute atomic E-state index is 13.0. The Labute approximate surface area is 77.9 Å². The molecule has 1 aromatic rings. The number of halogens is 2. The second-order valence-electron chi connectivity index (χ2n) is 2.73. The second-order valence-corrected chi connectivity index (χ2v) is 3.48. The highest BCUT2D eigenvalue weighted by Crippen LogP contribution is 2.32. The van der Waals surface area contributed by atoms with Crippen molar-refractivity contribution in [2.75, 3.05) is 0 Å². The number of ether oxygens (including phenoxy) is 1. The zero-order valence-electron chi connectivity index (χ0n) is 6.26. The normalized spacial score (nSPS) is 16.2. The zero-order chi connectivity index (χ0) is 8.55. The van der Waals surface area contributed by atoms with E-state index in [-0.39, 0.29) is 17.7 Å². The van der Waals surface area contributed by atoms with Crippen LogP contribution in [0.3, 0.4) is 0 Å². The molecule has 0 aromatic carbocycles. The second kappa shape index (κ2) is 3.01. The molecule has 0 atom stereocenters.